The average Bonchev–Trinajstić information content (AvgIpc) is 2.90. The molecule has 21 heavy (non-hydrogen) atoms. The van der Waals surface area contributed by atoms with Gasteiger partial charge in [0, 0.05) is 39.3 Å². The van der Waals surface area contributed by atoms with E-state index in [9.17, 15) is 5.11 Å². The second-order valence-electron chi connectivity index (χ2n) is 6.25. The van der Waals surface area contributed by atoms with Gasteiger partial charge >= 0.3 is 0 Å². The largest absolute Gasteiger partial charge is 0.391 e. The van der Waals surface area contributed by atoms with Crippen LogP contribution in [0.3, 0.4) is 0 Å². The lowest BCUT2D eigenvalue weighted by Gasteiger charge is -2.35. The second kappa shape index (κ2) is 7.54. The Morgan fingerprint density at radius 1 is 1.24 bits per heavy atom. The van der Waals surface area contributed by atoms with Crippen molar-refractivity contribution in [3.05, 3.63) is 10.6 Å². The van der Waals surface area contributed by atoms with Crippen LogP contribution in [0.1, 0.15) is 30.3 Å². The fourth-order valence-electron chi connectivity index (χ4n) is 2.55. The zero-order valence-electron chi connectivity index (χ0n) is 13.7. The number of anilines is 1. The number of nitrogens with zero attached hydrogens (tertiary/aromatic N) is 4. The molecule has 5 nitrogen and oxygen atoms in total. The summed E-state index contributed by atoms with van der Waals surface area (Å²) >= 11 is 1.65. The maximum atomic E-state index is 9.48. The minimum atomic E-state index is 0.105. The summed E-state index contributed by atoms with van der Waals surface area (Å²) in [6.45, 7) is 10.9. The van der Waals surface area contributed by atoms with Crippen molar-refractivity contribution >= 4 is 16.5 Å². The molecule has 1 aromatic rings. The molecule has 1 N–H and O–H groups in total. The van der Waals surface area contributed by atoms with Crippen LogP contribution in [0.15, 0.2) is 0 Å². The second-order valence-corrected chi connectivity index (χ2v) is 7.31. The van der Waals surface area contributed by atoms with Gasteiger partial charge in [0.15, 0.2) is 5.13 Å². The van der Waals surface area contributed by atoms with Crippen LogP contribution in [0.5, 0.6) is 0 Å². The smallest absolute Gasteiger partial charge is 0.185 e. The SMILES string of the molecule is CC(C)c1nc(N2CCN(CCN(C)C)CC2)sc1CO. The van der Waals surface area contributed by atoms with Crippen LogP contribution in [0, 0.1) is 0 Å². The van der Waals surface area contributed by atoms with Crippen LogP contribution in [0.4, 0.5) is 5.13 Å². The predicted molar refractivity (Wildman–Crippen MR) is 89.3 cm³/mol. The molecule has 0 bridgehead atoms. The van der Waals surface area contributed by atoms with Gasteiger partial charge in [-0.05, 0) is 20.0 Å². The summed E-state index contributed by atoms with van der Waals surface area (Å²) in [5.74, 6) is 0.374. The van der Waals surface area contributed by atoms with E-state index in [0.29, 0.717) is 5.92 Å². The first-order chi connectivity index (χ1) is 10.0. The quantitative estimate of drug-likeness (QED) is 0.861. The van der Waals surface area contributed by atoms with Crippen LogP contribution in [-0.2, 0) is 6.61 Å². The van der Waals surface area contributed by atoms with Gasteiger partial charge in [-0.3, -0.25) is 4.90 Å². The first-order valence-electron chi connectivity index (χ1n) is 7.73. The summed E-state index contributed by atoms with van der Waals surface area (Å²) in [7, 11) is 4.24. The van der Waals surface area contributed by atoms with Gasteiger partial charge in [0.2, 0.25) is 0 Å². The molecule has 0 atom stereocenters. The van der Waals surface area contributed by atoms with E-state index in [0.717, 1.165) is 55.0 Å². The van der Waals surface area contributed by atoms with Crippen LogP contribution in [0.25, 0.3) is 0 Å². The minimum absolute atomic E-state index is 0.105. The summed E-state index contributed by atoms with van der Waals surface area (Å²) in [6.07, 6.45) is 0. The van der Waals surface area contributed by atoms with Gasteiger partial charge in [0.25, 0.3) is 0 Å². The maximum absolute atomic E-state index is 9.48. The van der Waals surface area contributed by atoms with Gasteiger partial charge in [-0.1, -0.05) is 25.2 Å². The summed E-state index contributed by atoms with van der Waals surface area (Å²) in [4.78, 5) is 12.9. The Labute approximate surface area is 132 Å². The molecule has 1 aliphatic rings. The minimum Gasteiger partial charge on any atom is -0.391 e. The number of aromatic nitrogens is 1. The van der Waals surface area contributed by atoms with Crippen molar-refractivity contribution in [1.29, 1.82) is 0 Å². The maximum Gasteiger partial charge on any atom is 0.185 e. The summed E-state index contributed by atoms with van der Waals surface area (Å²) < 4.78 is 0. The fourth-order valence-corrected chi connectivity index (χ4v) is 3.68. The highest BCUT2D eigenvalue weighted by Gasteiger charge is 2.22. The van der Waals surface area contributed by atoms with Gasteiger partial charge in [-0.25, -0.2) is 4.98 Å². The number of hydrogen-bond acceptors (Lipinski definition) is 6. The number of hydrogen-bond donors (Lipinski definition) is 1. The van der Waals surface area contributed by atoms with Gasteiger partial charge in [-0.2, -0.15) is 0 Å². The normalized spacial score (nSPS) is 17.2. The number of rotatable bonds is 6. The molecule has 2 heterocycles. The van der Waals surface area contributed by atoms with Gasteiger partial charge in [0.1, 0.15) is 0 Å². The molecule has 0 unspecified atom stereocenters. The first-order valence-corrected chi connectivity index (χ1v) is 8.55. The lowest BCUT2D eigenvalue weighted by Crippen LogP contribution is -2.48. The molecule has 2 rings (SSSR count). The van der Waals surface area contributed by atoms with Gasteiger partial charge in [0.05, 0.1) is 17.2 Å². The molecule has 0 aromatic carbocycles. The zero-order valence-corrected chi connectivity index (χ0v) is 14.5. The Morgan fingerprint density at radius 3 is 2.38 bits per heavy atom. The van der Waals surface area contributed by atoms with Crippen molar-refractivity contribution in [2.24, 2.45) is 0 Å². The first kappa shape index (κ1) is 16.7. The van der Waals surface area contributed by atoms with Crippen molar-refractivity contribution in [3.8, 4) is 0 Å². The summed E-state index contributed by atoms with van der Waals surface area (Å²) in [5, 5.41) is 10.6. The Balaban J connectivity index is 1.93. The number of piperazine rings is 1. The molecular formula is C15H28N4OS. The van der Waals surface area contributed by atoms with Crippen LogP contribution < -0.4 is 4.90 Å². The molecule has 6 heteroatoms. The molecule has 0 saturated carbocycles. The molecular weight excluding hydrogens is 284 g/mol. The van der Waals surface area contributed by atoms with Crippen molar-refractivity contribution in [2.45, 2.75) is 26.4 Å². The van der Waals surface area contributed by atoms with Crippen LogP contribution >= 0.6 is 11.3 Å². The molecule has 120 valence electrons. The molecule has 1 aromatic heterocycles. The predicted octanol–water partition coefficient (Wildman–Crippen LogP) is 1.44. The van der Waals surface area contributed by atoms with Gasteiger partial charge < -0.3 is 14.9 Å². The summed E-state index contributed by atoms with van der Waals surface area (Å²) in [5.41, 5.74) is 1.06. The van der Waals surface area contributed by atoms with Crippen molar-refractivity contribution in [3.63, 3.8) is 0 Å². The Hall–Kier alpha value is -0.690. The average molecular weight is 312 g/mol. The third-order valence-corrected chi connectivity index (χ3v) is 5.03. The van der Waals surface area contributed by atoms with Crippen LogP contribution in [-0.4, -0.2) is 73.3 Å². The summed E-state index contributed by atoms with van der Waals surface area (Å²) in [6, 6.07) is 0. The van der Waals surface area contributed by atoms with E-state index in [1.165, 1.54) is 0 Å². The Kier molecular flexibility index (Phi) is 5.98. The highest BCUT2D eigenvalue weighted by molar-refractivity contribution is 7.15. The monoisotopic (exact) mass is 312 g/mol. The number of aliphatic hydroxyl groups is 1. The van der Waals surface area contributed by atoms with E-state index in [1.807, 2.05) is 0 Å². The van der Waals surface area contributed by atoms with E-state index in [2.05, 4.69) is 42.6 Å². The van der Waals surface area contributed by atoms with Crippen molar-refractivity contribution < 1.29 is 5.11 Å². The van der Waals surface area contributed by atoms with Gasteiger partial charge in [-0.15, -0.1) is 0 Å². The highest BCUT2D eigenvalue weighted by Crippen LogP contribution is 2.31. The number of thiazole rings is 1. The lowest BCUT2D eigenvalue weighted by atomic mass is 10.1. The molecule has 0 amide bonds. The van der Waals surface area contributed by atoms with Crippen molar-refractivity contribution in [1.82, 2.24) is 14.8 Å². The standard InChI is InChI=1S/C15H28N4OS/c1-12(2)14-13(11-20)21-15(16-14)19-9-7-18(8-10-19)6-5-17(3)4/h12,20H,5-11H2,1-4H3. The van der Waals surface area contributed by atoms with Crippen LogP contribution in [0.2, 0.25) is 0 Å². The van der Waals surface area contributed by atoms with E-state index in [4.69, 9.17) is 4.98 Å². The van der Waals surface area contributed by atoms with E-state index >= 15 is 0 Å². The zero-order chi connectivity index (χ0) is 15.4. The molecule has 0 radical (unpaired) electrons. The fraction of sp³-hybridized carbons (Fsp3) is 0.800. The van der Waals surface area contributed by atoms with Crippen molar-refractivity contribution in [2.75, 3.05) is 58.3 Å². The topological polar surface area (TPSA) is 42.8 Å². The van der Waals surface area contributed by atoms with E-state index in [1.54, 1.807) is 11.3 Å². The van der Waals surface area contributed by atoms with E-state index in [-0.39, 0.29) is 6.61 Å². The molecule has 1 saturated heterocycles. The lowest BCUT2D eigenvalue weighted by molar-refractivity contribution is 0.229. The Bertz CT molecular complexity index is 439. The Morgan fingerprint density at radius 2 is 1.90 bits per heavy atom. The third kappa shape index (κ3) is 4.39. The molecule has 0 spiro atoms. The molecule has 0 aliphatic carbocycles. The molecule has 1 fully saturated rings. The molecule has 1 aliphatic heterocycles. The number of aliphatic hydroxyl groups excluding tert-OH is 1. The third-order valence-electron chi connectivity index (χ3n) is 3.91. The highest BCUT2D eigenvalue weighted by atomic mass is 32.1. The number of likely N-dealkylation sites (N-methyl/N-ethyl adjacent to an activating group) is 1. The van der Waals surface area contributed by atoms with E-state index < -0.39 is 0 Å².